The van der Waals surface area contributed by atoms with Crippen LogP contribution in [0.1, 0.15) is 18.4 Å². The molecule has 136 valence electrons. The van der Waals surface area contributed by atoms with Crippen LogP contribution >= 0.6 is 27.3 Å². The summed E-state index contributed by atoms with van der Waals surface area (Å²) in [6.07, 6.45) is 1.64. The van der Waals surface area contributed by atoms with Gasteiger partial charge in [0.1, 0.15) is 9.96 Å². The third kappa shape index (κ3) is 4.83. The van der Waals surface area contributed by atoms with Crippen LogP contribution in [-0.4, -0.2) is 39.6 Å². The Labute approximate surface area is 161 Å². The highest BCUT2D eigenvalue weighted by Gasteiger charge is 2.25. The number of ether oxygens (including phenoxy) is 1. The normalized spacial score (nSPS) is 16.9. The summed E-state index contributed by atoms with van der Waals surface area (Å²) in [5.41, 5.74) is 1.21. The van der Waals surface area contributed by atoms with E-state index in [0.29, 0.717) is 4.21 Å². The number of methoxy groups -OCH3 is 1. The second kappa shape index (κ2) is 8.18. The van der Waals surface area contributed by atoms with Gasteiger partial charge >= 0.3 is 0 Å². The number of rotatable bonds is 6. The first-order valence-electron chi connectivity index (χ1n) is 8.08. The van der Waals surface area contributed by atoms with Gasteiger partial charge in [-0.3, -0.25) is 4.90 Å². The van der Waals surface area contributed by atoms with E-state index < -0.39 is 10.0 Å². The molecule has 1 aromatic carbocycles. The standard InChI is InChI=1S/C17H21BrN2O3S2/c1-23-16-5-4-13(11-15(16)18)12-20-8-6-14(7-9-20)19-25(21,22)17-3-2-10-24-17/h2-5,10-11,14,19H,6-9,12H2,1H3. The molecule has 3 rings (SSSR count). The van der Waals surface area contributed by atoms with Gasteiger partial charge in [0.2, 0.25) is 10.0 Å². The average molecular weight is 445 g/mol. The van der Waals surface area contributed by atoms with Gasteiger partial charge < -0.3 is 4.74 Å². The molecule has 1 fully saturated rings. The van der Waals surface area contributed by atoms with E-state index in [2.05, 4.69) is 37.7 Å². The highest BCUT2D eigenvalue weighted by atomic mass is 79.9. The van der Waals surface area contributed by atoms with Gasteiger partial charge in [0.25, 0.3) is 0 Å². The van der Waals surface area contributed by atoms with Gasteiger partial charge in [0.05, 0.1) is 11.6 Å². The Morgan fingerprint density at radius 3 is 2.68 bits per heavy atom. The first-order chi connectivity index (χ1) is 12.0. The van der Waals surface area contributed by atoms with Crippen LogP contribution in [0.15, 0.2) is 44.4 Å². The lowest BCUT2D eigenvalue weighted by Gasteiger charge is -2.32. The molecule has 1 N–H and O–H groups in total. The summed E-state index contributed by atoms with van der Waals surface area (Å²) >= 11 is 4.76. The van der Waals surface area contributed by atoms with E-state index in [1.54, 1.807) is 24.6 Å². The molecule has 0 radical (unpaired) electrons. The van der Waals surface area contributed by atoms with Crippen molar-refractivity contribution in [3.63, 3.8) is 0 Å². The Bertz CT molecular complexity index is 801. The molecule has 0 spiro atoms. The van der Waals surface area contributed by atoms with Gasteiger partial charge in [-0.1, -0.05) is 12.1 Å². The summed E-state index contributed by atoms with van der Waals surface area (Å²) in [4.78, 5) is 2.35. The predicted octanol–water partition coefficient (Wildman–Crippen LogP) is 3.46. The zero-order valence-electron chi connectivity index (χ0n) is 13.9. The topological polar surface area (TPSA) is 58.6 Å². The number of likely N-dealkylation sites (tertiary alicyclic amines) is 1. The Morgan fingerprint density at radius 1 is 1.32 bits per heavy atom. The fraction of sp³-hybridized carbons (Fsp3) is 0.412. The largest absolute Gasteiger partial charge is 0.496 e. The van der Waals surface area contributed by atoms with Gasteiger partial charge in [-0.2, -0.15) is 0 Å². The molecule has 5 nitrogen and oxygen atoms in total. The summed E-state index contributed by atoms with van der Waals surface area (Å²) in [7, 11) is -1.72. The number of piperidine rings is 1. The van der Waals surface area contributed by atoms with Crippen molar-refractivity contribution in [2.75, 3.05) is 20.2 Å². The smallest absolute Gasteiger partial charge is 0.250 e. The van der Waals surface area contributed by atoms with Gasteiger partial charge in [-0.05, 0) is 57.9 Å². The van der Waals surface area contributed by atoms with Crippen molar-refractivity contribution < 1.29 is 13.2 Å². The van der Waals surface area contributed by atoms with Crippen molar-refractivity contribution in [2.45, 2.75) is 29.6 Å². The molecule has 1 saturated heterocycles. The number of benzene rings is 1. The van der Waals surface area contributed by atoms with E-state index >= 15 is 0 Å². The van der Waals surface area contributed by atoms with E-state index in [0.717, 1.165) is 42.7 Å². The summed E-state index contributed by atoms with van der Waals surface area (Å²) in [5, 5.41) is 1.78. The molecule has 0 amide bonds. The molecule has 0 unspecified atom stereocenters. The molecular weight excluding hydrogens is 424 g/mol. The van der Waals surface area contributed by atoms with Crippen molar-refractivity contribution in [2.24, 2.45) is 0 Å². The number of nitrogens with one attached hydrogen (secondary N) is 1. The molecule has 2 heterocycles. The monoisotopic (exact) mass is 444 g/mol. The minimum Gasteiger partial charge on any atom is -0.496 e. The Hall–Kier alpha value is -0.930. The number of sulfonamides is 1. The third-order valence-corrected chi connectivity index (χ3v) is 7.83. The SMILES string of the molecule is COc1ccc(CN2CCC(NS(=O)(=O)c3cccs3)CC2)cc1Br. The molecule has 8 heteroatoms. The molecule has 1 aliphatic rings. The number of nitrogens with zero attached hydrogens (tertiary/aromatic N) is 1. The summed E-state index contributed by atoms with van der Waals surface area (Å²) in [5.74, 6) is 0.824. The van der Waals surface area contributed by atoms with Crippen LogP contribution in [0.2, 0.25) is 0 Å². The highest BCUT2D eigenvalue weighted by Crippen LogP contribution is 2.26. The number of hydrogen-bond donors (Lipinski definition) is 1. The second-order valence-electron chi connectivity index (χ2n) is 6.07. The van der Waals surface area contributed by atoms with Crippen LogP contribution < -0.4 is 9.46 Å². The van der Waals surface area contributed by atoms with Crippen LogP contribution in [0, 0.1) is 0 Å². The second-order valence-corrected chi connectivity index (χ2v) is 9.82. The van der Waals surface area contributed by atoms with Crippen LogP contribution in [-0.2, 0) is 16.6 Å². The zero-order chi connectivity index (χ0) is 17.9. The Kier molecular flexibility index (Phi) is 6.17. The molecule has 0 saturated carbocycles. The highest BCUT2D eigenvalue weighted by molar-refractivity contribution is 9.10. The van der Waals surface area contributed by atoms with Crippen molar-refractivity contribution in [1.29, 1.82) is 0 Å². The summed E-state index contributed by atoms with van der Waals surface area (Å²) < 4.78 is 34.0. The molecule has 0 aliphatic carbocycles. The maximum Gasteiger partial charge on any atom is 0.250 e. The van der Waals surface area contributed by atoms with E-state index in [-0.39, 0.29) is 6.04 Å². The number of halogens is 1. The Morgan fingerprint density at radius 2 is 2.08 bits per heavy atom. The minimum atomic E-state index is -3.38. The quantitative estimate of drug-likeness (QED) is 0.740. The first-order valence-corrected chi connectivity index (χ1v) is 11.2. The van der Waals surface area contributed by atoms with Crippen LogP contribution in [0.5, 0.6) is 5.75 Å². The van der Waals surface area contributed by atoms with Crippen LogP contribution in [0.4, 0.5) is 0 Å². The predicted molar refractivity (Wildman–Crippen MR) is 104 cm³/mol. The molecule has 1 aromatic heterocycles. The van der Waals surface area contributed by atoms with Crippen molar-refractivity contribution in [3.8, 4) is 5.75 Å². The lowest BCUT2D eigenvalue weighted by Crippen LogP contribution is -2.44. The van der Waals surface area contributed by atoms with E-state index in [1.165, 1.54) is 16.9 Å². The Balaban J connectivity index is 1.53. The van der Waals surface area contributed by atoms with Crippen LogP contribution in [0.25, 0.3) is 0 Å². The maximum atomic E-state index is 12.3. The molecular formula is C17H21BrN2O3S2. The number of hydrogen-bond acceptors (Lipinski definition) is 5. The van der Waals surface area contributed by atoms with Crippen LogP contribution in [0.3, 0.4) is 0 Å². The molecule has 1 aliphatic heterocycles. The van der Waals surface area contributed by atoms with E-state index in [1.807, 2.05) is 6.07 Å². The van der Waals surface area contributed by atoms with Gasteiger partial charge in [0.15, 0.2) is 0 Å². The molecule has 25 heavy (non-hydrogen) atoms. The van der Waals surface area contributed by atoms with Crippen molar-refractivity contribution in [3.05, 3.63) is 45.7 Å². The molecule has 2 aromatic rings. The van der Waals surface area contributed by atoms with E-state index in [4.69, 9.17) is 4.74 Å². The van der Waals surface area contributed by atoms with Crippen molar-refractivity contribution in [1.82, 2.24) is 9.62 Å². The molecule has 0 atom stereocenters. The number of thiophene rings is 1. The molecule has 0 bridgehead atoms. The lowest BCUT2D eigenvalue weighted by atomic mass is 10.1. The first kappa shape index (κ1) is 18.8. The van der Waals surface area contributed by atoms with Gasteiger partial charge in [-0.15, -0.1) is 11.3 Å². The fourth-order valence-corrected chi connectivity index (χ4v) is 5.87. The summed E-state index contributed by atoms with van der Waals surface area (Å²) in [6.45, 7) is 2.61. The average Bonchev–Trinajstić information content (AvgIpc) is 3.12. The van der Waals surface area contributed by atoms with Gasteiger partial charge in [-0.25, -0.2) is 13.1 Å². The maximum absolute atomic E-state index is 12.3. The fourth-order valence-electron chi connectivity index (χ4n) is 2.97. The summed E-state index contributed by atoms with van der Waals surface area (Å²) in [6, 6.07) is 9.50. The lowest BCUT2D eigenvalue weighted by molar-refractivity contribution is 0.200. The zero-order valence-corrected chi connectivity index (χ0v) is 17.2. The third-order valence-electron chi connectivity index (χ3n) is 4.29. The van der Waals surface area contributed by atoms with Crippen molar-refractivity contribution >= 4 is 37.3 Å². The van der Waals surface area contributed by atoms with Gasteiger partial charge in [0, 0.05) is 25.7 Å². The minimum absolute atomic E-state index is 0.00551. The van der Waals surface area contributed by atoms with E-state index in [9.17, 15) is 8.42 Å².